The summed E-state index contributed by atoms with van der Waals surface area (Å²) in [4.78, 5) is 24.9. The van der Waals surface area contributed by atoms with Gasteiger partial charge in [0.2, 0.25) is 5.60 Å². The summed E-state index contributed by atoms with van der Waals surface area (Å²) >= 11 is 0. The third kappa shape index (κ3) is 4.23. The molecule has 0 aliphatic heterocycles. The van der Waals surface area contributed by atoms with E-state index in [1.165, 1.54) is 0 Å². The van der Waals surface area contributed by atoms with E-state index in [2.05, 4.69) is 13.2 Å². The molecular weight excluding hydrogens is 376 g/mol. The highest BCUT2D eigenvalue weighted by molar-refractivity contribution is 5.83. The highest BCUT2D eigenvalue weighted by Crippen LogP contribution is 2.46. The lowest BCUT2D eigenvalue weighted by Gasteiger charge is -2.40. The average molecular weight is 398 g/mol. The van der Waals surface area contributed by atoms with Crippen molar-refractivity contribution in [2.24, 2.45) is 0 Å². The van der Waals surface area contributed by atoms with Gasteiger partial charge in [0.1, 0.15) is 0 Å². The van der Waals surface area contributed by atoms with Gasteiger partial charge in [-0.15, -0.1) is 0 Å². The average Bonchev–Trinajstić information content (AvgIpc) is 2.82. The molecule has 0 N–H and O–H groups in total. The zero-order valence-corrected chi connectivity index (χ0v) is 16.4. The van der Waals surface area contributed by atoms with Crippen molar-refractivity contribution in [1.82, 2.24) is 0 Å². The number of hydrogen-bond acceptors (Lipinski definition) is 4. The van der Waals surface area contributed by atoms with Crippen LogP contribution in [0.4, 0.5) is 0 Å². The summed E-state index contributed by atoms with van der Waals surface area (Å²) in [7, 11) is 0. The van der Waals surface area contributed by atoms with Gasteiger partial charge in [-0.05, 0) is 5.56 Å². The van der Waals surface area contributed by atoms with Gasteiger partial charge in [-0.2, -0.15) is 0 Å². The monoisotopic (exact) mass is 398 g/mol. The van der Waals surface area contributed by atoms with Gasteiger partial charge in [-0.1, -0.05) is 104 Å². The topological polar surface area (TPSA) is 52.6 Å². The van der Waals surface area contributed by atoms with Crippen LogP contribution in [0.15, 0.2) is 116 Å². The SMILES string of the molecule is C=CC(=O)OC(c1ccccc1)C(OC(=O)C=C)(c1ccccc1)c1ccccc1. The molecular formula is C26H22O4. The van der Waals surface area contributed by atoms with Crippen LogP contribution in [0.2, 0.25) is 0 Å². The van der Waals surface area contributed by atoms with Crippen LogP contribution in [0.25, 0.3) is 0 Å². The highest BCUT2D eigenvalue weighted by Gasteiger charge is 2.49. The first-order valence-electron chi connectivity index (χ1n) is 9.46. The maximum atomic E-state index is 12.6. The molecule has 0 saturated heterocycles. The quantitative estimate of drug-likeness (QED) is 0.390. The molecule has 0 heterocycles. The van der Waals surface area contributed by atoms with Crippen molar-refractivity contribution in [2.45, 2.75) is 11.7 Å². The summed E-state index contributed by atoms with van der Waals surface area (Å²) in [5, 5.41) is 0. The summed E-state index contributed by atoms with van der Waals surface area (Å²) in [5.41, 5.74) is 0.514. The van der Waals surface area contributed by atoms with Crippen LogP contribution in [-0.2, 0) is 24.7 Å². The number of carbonyl (C=O) groups excluding carboxylic acids is 2. The number of esters is 2. The summed E-state index contributed by atoms with van der Waals surface area (Å²) < 4.78 is 11.9. The molecule has 150 valence electrons. The van der Waals surface area contributed by atoms with Crippen molar-refractivity contribution >= 4 is 11.9 Å². The number of carbonyl (C=O) groups is 2. The Morgan fingerprint density at radius 1 is 0.700 bits per heavy atom. The molecule has 0 spiro atoms. The maximum absolute atomic E-state index is 12.6. The second-order valence-corrected chi connectivity index (χ2v) is 6.52. The Bertz CT molecular complexity index is 971. The molecule has 0 aliphatic rings. The summed E-state index contributed by atoms with van der Waals surface area (Å²) in [5.74, 6) is -1.27. The molecule has 4 heteroatoms. The van der Waals surface area contributed by atoms with Gasteiger partial charge in [-0.25, -0.2) is 9.59 Å². The summed E-state index contributed by atoms with van der Waals surface area (Å²) in [6.45, 7) is 7.06. The molecule has 3 rings (SSSR count). The van der Waals surface area contributed by atoms with E-state index in [1.807, 2.05) is 91.0 Å². The molecule has 0 fully saturated rings. The van der Waals surface area contributed by atoms with Gasteiger partial charge in [0.05, 0.1) is 0 Å². The Labute approximate surface area is 176 Å². The predicted octanol–water partition coefficient (Wildman–Crippen LogP) is 5.13. The molecule has 3 aromatic carbocycles. The minimum absolute atomic E-state index is 0.630. The fraction of sp³-hybridized carbons (Fsp3) is 0.0769. The highest BCUT2D eigenvalue weighted by atomic mass is 16.6. The van der Waals surface area contributed by atoms with Crippen LogP contribution in [0.1, 0.15) is 22.8 Å². The van der Waals surface area contributed by atoms with Crippen molar-refractivity contribution < 1.29 is 19.1 Å². The lowest BCUT2D eigenvalue weighted by atomic mass is 9.78. The molecule has 0 aliphatic carbocycles. The van der Waals surface area contributed by atoms with E-state index >= 15 is 0 Å². The van der Waals surface area contributed by atoms with Crippen molar-refractivity contribution in [3.8, 4) is 0 Å². The van der Waals surface area contributed by atoms with Crippen molar-refractivity contribution in [3.05, 3.63) is 133 Å². The zero-order valence-electron chi connectivity index (χ0n) is 16.4. The third-order valence-electron chi connectivity index (χ3n) is 4.71. The molecule has 0 amide bonds. The first-order chi connectivity index (χ1) is 14.6. The Kier molecular flexibility index (Phi) is 6.60. The number of hydrogen-bond donors (Lipinski definition) is 0. The van der Waals surface area contributed by atoms with Crippen LogP contribution in [0, 0.1) is 0 Å². The summed E-state index contributed by atoms with van der Waals surface area (Å²) in [6.07, 6.45) is 1.21. The molecule has 30 heavy (non-hydrogen) atoms. The second kappa shape index (κ2) is 9.52. The fourth-order valence-electron chi connectivity index (χ4n) is 3.39. The van der Waals surface area contributed by atoms with Crippen LogP contribution >= 0.6 is 0 Å². The molecule has 0 bridgehead atoms. The van der Waals surface area contributed by atoms with Crippen LogP contribution in [0.5, 0.6) is 0 Å². The Morgan fingerprint density at radius 2 is 1.13 bits per heavy atom. The van der Waals surface area contributed by atoms with E-state index in [9.17, 15) is 9.59 Å². The third-order valence-corrected chi connectivity index (χ3v) is 4.71. The van der Waals surface area contributed by atoms with E-state index in [-0.39, 0.29) is 0 Å². The van der Waals surface area contributed by atoms with Crippen LogP contribution < -0.4 is 0 Å². The van der Waals surface area contributed by atoms with Crippen molar-refractivity contribution in [2.75, 3.05) is 0 Å². The molecule has 0 aromatic heterocycles. The standard InChI is InChI=1S/C26H22O4/c1-3-23(27)29-25(20-14-8-5-9-15-20)26(30-24(28)4-2,21-16-10-6-11-17-21)22-18-12-7-13-19-22/h3-19,25H,1-2H2. The number of ether oxygens (including phenoxy) is 2. The molecule has 1 unspecified atom stereocenters. The number of benzene rings is 3. The Morgan fingerprint density at radius 3 is 1.57 bits per heavy atom. The molecule has 4 nitrogen and oxygen atoms in total. The lowest BCUT2D eigenvalue weighted by Crippen LogP contribution is -2.41. The number of rotatable bonds is 8. The largest absolute Gasteiger partial charge is 0.449 e. The van der Waals surface area contributed by atoms with Gasteiger partial charge in [-0.3, -0.25) is 0 Å². The van der Waals surface area contributed by atoms with Gasteiger partial charge >= 0.3 is 11.9 Å². The first-order valence-corrected chi connectivity index (χ1v) is 9.46. The smallest absolute Gasteiger partial charge is 0.331 e. The molecule has 3 aromatic rings. The van der Waals surface area contributed by atoms with E-state index in [4.69, 9.17) is 9.47 Å². The van der Waals surface area contributed by atoms with E-state index in [0.717, 1.165) is 12.2 Å². The van der Waals surface area contributed by atoms with Gasteiger partial charge in [0, 0.05) is 23.3 Å². The van der Waals surface area contributed by atoms with E-state index < -0.39 is 23.6 Å². The van der Waals surface area contributed by atoms with Crippen LogP contribution in [0.3, 0.4) is 0 Å². The molecule has 1 atom stereocenters. The van der Waals surface area contributed by atoms with Crippen LogP contribution in [-0.4, -0.2) is 11.9 Å². The Hall–Kier alpha value is -3.92. The Balaban J connectivity index is 2.36. The molecule has 0 saturated carbocycles. The molecule has 0 radical (unpaired) electrons. The zero-order chi connectivity index (χ0) is 21.4. The van der Waals surface area contributed by atoms with E-state index in [0.29, 0.717) is 16.7 Å². The van der Waals surface area contributed by atoms with Gasteiger partial charge in [0.25, 0.3) is 0 Å². The first kappa shape index (κ1) is 20.8. The maximum Gasteiger partial charge on any atom is 0.331 e. The minimum atomic E-state index is -1.45. The van der Waals surface area contributed by atoms with Crippen molar-refractivity contribution in [1.29, 1.82) is 0 Å². The van der Waals surface area contributed by atoms with E-state index in [1.54, 1.807) is 0 Å². The second-order valence-electron chi connectivity index (χ2n) is 6.52. The van der Waals surface area contributed by atoms with Crippen molar-refractivity contribution in [3.63, 3.8) is 0 Å². The normalized spacial score (nSPS) is 11.7. The minimum Gasteiger partial charge on any atom is -0.449 e. The van der Waals surface area contributed by atoms with Gasteiger partial charge in [0.15, 0.2) is 6.10 Å². The fourth-order valence-corrected chi connectivity index (χ4v) is 3.39. The predicted molar refractivity (Wildman–Crippen MR) is 115 cm³/mol. The lowest BCUT2D eigenvalue weighted by molar-refractivity contribution is -0.176. The van der Waals surface area contributed by atoms with Gasteiger partial charge < -0.3 is 9.47 Å². The summed E-state index contributed by atoms with van der Waals surface area (Å²) in [6, 6.07) is 27.6.